The molecule has 3 heteroatoms. The average Bonchev–Trinajstić information content (AvgIpc) is 2.90. The zero-order valence-corrected chi connectivity index (χ0v) is 12.5. The van der Waals surface area contributed by atoms with Crippen molar-refractivity contribution in [1.82, 2.24) is 5.32 Å². The van der Waals surface area contributed by atoms with Crippen LogP contribution in [0.3, 0.4) is 0 Å². The highest BCUT2D eigenvalue weighted by atomic mass is 16.5. The first kappa shape index (κ1) is 14.8. The predicted molar refractivity (Wildman–Crippen MR) is 77.0 cm³/mol. The minimum Gasteiger partial charge on any atom is -0.461 e. The fraction of sp³-hybridized carbons (Fsp3) is 0.938. The van der Waals surface area contributed by atoms with Crippen LogP contribution in [0.4, 0.5) is 0 Å². The Morgan fingerprint density at radius 2 is 2.05 bits per heavy atom. The summed E-state index contributed by atoms with van der Waals surface area (Å²) >= 11 is 0. The van der Waals surface area contributed by atoms with Crippen molar-refractivity contribution in [2.45, 2.75) is 83.3 Å². The second kappa shape index (κ2) is 6.74. The van der Waals surface area contributed by atoms with Crippen molar-refractivity contribution >= 4 is 5.97 Å². The second-order valence-corrected chi connectivity index (χ2v) is 6.26. The van der Waals surface area contributed by atoms with Crippen molar-refractivity contribution in [2.75, 3.05) is 6.54 Å². The summed E-state index contributed by atoms with van der Waals surface area (Å²) in [7, 11) is 0. The first-order chi connectivity index (χ1) is 9.22. The van der Waals surface area contributed by atoms with Crippen molar-refractivity contribution in [3.63, 3.8) is 0 Å². The molecule has 0 bridgehead atoms. The minimum absolute atomic E-state index is 0.0252. The van der Waals surface area contributed by atoms with Gasteiger partial charge >= 0.3 is 5.97 Å². The van der Waals surface area contributed by atoms with Crippen molar-refractivity contribution in [3.05, 3.63) is 0 Å². The number of rotatable bonds is 5. The second-order valence-electron chi connectivity index (χ2n) is 6.26. The molecule has 0 amide bonds. The van der Waals surface area contributed by atoms with Gasteiger partial charge in [-0.2, -0.15) is 0 Å². The van der Waals surface area contributed by atoms with E-state index in [1.165, 1.54) is 19.3 Å². The van der Waals surface area contributed by atoms with Crippen LogP contribution in [-0.4, -0.2) is 24.2 Å². The van der Waals surface area contributed by atoms with Crippen LogP contribution >= 0.6 is 0 Å². The number of carbonyl (C=O) groups excluding carboxylic acids is 1. The van der Waals surface area contributed by atoms with E-state index in [1.807, 2.05) is 0 Å². The number of ether oxygens (including phenoxy) is 1. The van der Waals surface area contributed by atoms with Crippen molar-refractivity contribution < 1.29 is 9.53 Å². The van der Waals surface area contributed by atoms with Crippen LogP contribution in [-0.2, 0) is 9.53 Å². The molecular weight excluding hydrogens is 238 g/mol. The zero-order chi connectivity index (χ0) is 13.7. The number of carbonyl (C=O) groups is 1. The maximum absolute atomic E-state index is 12.6. The van der Waals surface area contributed by atoms with E-state index in [0.29, 0.717) is 5.92 Å². The molecule has 19 heavy (non-hydrogen) atoms. The lowest BCUT2D eigenvalue weighted by Gasteiger charge is -2.34. The molecule has 3 nitrogen and oxygen atoms in total. The van der Waals surface area contributed by atoms with Gasteiger partial charge in [-0.25, -0.2) is 0 Å². The standard InChI is InChI=1S/C16H29NO2/c1-3-10-16(11-7-12-17-16)15(18)19-14-9-6-5-8-13(14)4-2/h13-14,17H,3-12H2,1-2H3. The van der Waals surface area contributed by atoms with Gasteiger partial charge in [0.05, 0.1) is 0 Å². The molecule has 2 rings (SSSR count). The summed E-state index contributed by atoms with van der Waals surface area (Å²) in [6, 6.07) is 0. The molecule has 0 aromatic carbocycles. The summed E-state index contributed by atoms with van der Waals surface area (Å²) in [5, 5.41) is 3.42. The lowest BCUT2D eigenvalue weighted by molar-refractivity contribution is -0.161. The molecular formula is C16H29NO2. The third kappa shape index (κ3) is 3.31. The Labute approximate surface area is 117 Å². The van der Waals surface area contributed by atoms with E-state index in [-0.39, 0.29) is 17.6 Å². The highest BCUT2D eigenvalue weighted by Crippen LogP contribution is 2.32. The topological polar surface area (TPSA) is 38.3 Å². The zero-order valence-electron chi connectivity index (χ0n) is 12.5. The van der Waals surface area contributed by atoms with Crippen molar-refractivity contribution in [3.8, 4) is 0 Å². The molecule has 1 aliphatic carbocycles. The van der Waals surface area contributed by atoms with E-state index >= 15 is 0 Å². The van der Waals surface area contributed by atoms with E-state index in [2.05, 4.69) is 19.2 Å². The van der Waals surface area contributed by atoms with Gasteiger partial charge in [-0.1, -0.05) is 26.7 Å². The van der Waals surface area contributed by atoms with Crippen LogP contribution in [0, 0.1) is 5.92 Å². The van der Waals surface area contributed by atoms with Gasteiger partial charge in [0.2, 0.25) is 0 Å². The van der Waals surface area contributed by atoms with Gasteiger partial charge in [-0.3, -0.25) is 4.79 Å². The summed E-state index contributed by atoms with van der Waals surface area (Å²) in [6.07, 6.45) is 10.1. The molecule has 1 saturated heterocycles. The first-order valence-corrected chi connectivity index (χ1v) is 8.18. The SMILES string of the molecule is CCCC1(C(=O)OC2CCCCC2CC)CCCN1. The van der Waals surface area contributed by atoms with Crippen molar-refractivity contribution in [2.24, 2.45) is 5.92 Å². The Morgan fingerprint density at radius 3 is 2.68 bits per heavy atom. The molecule has 1 aliphatic heterocycles. The Kier molecular flexibility index (Phi) is 5.26. The average molecular weight is 267 g/mol. The highest BCUT2D eigenvalue weighted by Gasteiger charge is 2.43. The summed E-state index contributed by atoms with van der Waals surface area (Å²) in [6.45, 7) is 5.31. The fourth-order valence-electron chi connectivity index (χ4n) is 3.77. The Hall–Kier alpha value is -0.570. The van der Waals surface area contributed by atoms with Gasteiger partial charge in [0.15, 0.2) is 0 Å². The molecule has 2 aliphatic rings. The number of nitrogens with one attached hydrogen (secondary N) is 1. The van der Waals surface area contributed by atoms with Gasteiger partial charge in [0.1, 0.15) is 11.6 Å². The summed E-state index contributed by atoms with van der Waals surface area (Å²) in [5.41, 5.74) is -0.371. The Morgan fingerprint density at radius 1 is 1.26 bits per heavy atom. The summed E-state index contributed by atoms with van der Waals surface area (Å²) < 4.78 is 5.93. The smallest absolute Gasteiger partial charge is 0.326 e. The first-order valence-electron chi connectivity index (χ1n) is 8.18. The third-order valence-corrected chi connectivity index (χ3v) is 4.93. The molecule has 3 atom stereocenters. The lowest BCUT2D eigenvalue weighted by atomic mass is 9.84. The molecule has 0 spiro atoms. The number of hydrogen-bond acceptors (Lipinski definition) is 3. The van der Waals surface area contributed by atoms with E-state index in [1.54, 1.807) is 0 Å². The molecule has 3 unspecified atom stereocenters. The van der Waals surface area contributed by atoms with E-state index in [9.17, 15) is 4.79 Å². The van der Waals surface area contributed by atoms with Gasteiger partial charge in [-0.05, 0) is 57.4 Å². The fourth-order valence-corrected chi connectivity index (χ4v) is 3.77. The number of esters is 1. The molecule has 110 valence electrons. The quantitative estimate of drug-likeness (QED) is 0.776. The van der Waals surface area contributed by atoms with Gasteiger partial charge in [-0.15, -0.1) is 0 Å². The maximum Gasteiger partial charge on any atom is 0.326 e. The monoisotopic (exact) mass is 267 g/mol. The molecule has 0 aromatic rings. The molecule has 1 saturated carbocycles. The molecule has 0 aromatic heterocycles. The van der Waals surface area contributed by atoms with Gasteiger partial charge in [0.25, 0.3) is 0 Å². The highest BCUT2D eigenvalue weighted by molar-refractivity contribution is 5.81. The summed E-state index contributed by atoms with van der Waals surface area (Å²) in [4.78, 5) is 12.6. The largest absolute Gasteiger partial charge is 0.461 e. The van der Waals surface area contributed by atoms with Crippen LogP contribution in [0.2, 0.25) is 0 Å². The van der Waals surface area contributed by atoms with Crippen molar-refractivity contribution in [1.29, 1.82) is 0 Å². The van der Waals surface area contributed by atoms with Crippen LogP contribution in [0.5, 0.6) is 0 Å². The van der Waals surface area contributed by atoms with Gasteiger partial charge < -0.3 is 10.1 Å². The van der Waals surface area contributed by atoms with Gasteiger partial charge in [0, 0.05) is 0 Å². The van der Waals surface area contributed by atoms with Crippen LogP contribution in [0.15, 0.2) is 0 Å². The van der Waals surface area contributed by atoms with E-state index < -0.39 is 0 Å². The third-order valence-electron chi connectivity index (χ3n) is 4.93. The predicted octanol–water partition coefficient (Wildman–Crippen LogP) is 3.42. The normalized spacial score (nSPS) is 35.3. The molecule has 2 fully saturated rings. The Balaban J connectivity index is 1.98. The minimum atomic E-state index is -0.371. The molecule has 0 radical (unpaired) electrons. The van der Waals surface area contributed by atoms with Crippen LogP contribution in [0.25, 0.3) is 0 Å². The number of hydrogen-bond donors (Lipinski definition) is 1. The van der Waals surface area contributed by atoms with Crippen LogP contribution in [0.1, 0.15) is 71.6 Å². The lowest BCUT2D eigenvalue weighted by Crippen LogP contribution is -2.50. The summed E-state index contributed by atoms with van der Waals surface area (Å²) in [5.74, 6) is 0.606. The van der Waals surface area contributed by atoms with E-state index in [0.717, 1.165) is 45.1 Å². The Bertz CT molecular complexity index is 297. The van der Waals surface area contributed by atoms with E-state index in [4.69, 9.17) is 4.74 Å². The molecule has 1 N–H and O–H groups in total. The maximum atomic E-state index is 12.6. The van der Waals surface area contributed by atoms with Crippen LogP contribution < -0.4 is 5.32 Å². The molecule has 1 heterocycles.